The highest BCUT2D eigenvalue weighted by Gasteiger charge is 2.43. The molecule has 0 saturated carbocycles. The molecule has 0 radical (unpaired) electrons. The summed E-state index contributed by atoms with van der Waals surface area (Å²) < 4.78 is 2.61. The maximum absolute atomic E-state index is 2.61. The molecule has 1 aromatic heterocycles. The molecule has 0 amide bonds. The summed E-state index contributed by atoms with van der Waals surface area (Å²) in [6.45, 7) is 14.0. The number of anilines is 3. The molecule has 0 N–H and O–H groups in total. The normalized spacial score (nSPS) is 15.4. The van der Waals surface area contributed by atoms with Crippen LogP contribution in [0.25, 0.3) is 38.3 Å². The van der Waals surface area contributed by atoms with Crippen molar-refractivity contribution in [2.75, 3.05) is 4.90 Å². The minimum Gasteiger partial charge on any atom is -0.310 e. The predicted molar refractivity (Wildman–Crippen MR) is 187 cm³/mol. The van der Waals surface area contributed by atoms with Crippen LogP contribution in [0.3, 0.4) is 0 Å². The molecule has 214 valence electrons. The van der Waals surface area contributed by atoms with Gasteiger partial charge < -0.3 is 9.47 Å². The summed E-state index contributed by atoms with van der Waals surface area (Å²) in [5, 5.41) is 5.17. The lowest BCUT2D eigenvalue weighted by atomic mass is 9.68. The molecule has 2 heteroatoms. The largest absolute Gasteiger partial charge is 0.310 e. The number of hydrogen-bond donors (Lipinski definition) is 0. The first-order chi connectivity index (χ1) is 21.2. The second-order valence-corrected chi connectivity index (χ2v) is 14.1. The summed E-state index contributed by atoms with van der Waals surface area (Å²) in [5.41, 5.74) is 15.6. The molecule has 7 aromatic rings. The van der Waals surface area contributed by atoms with Gasteiger partial charge in [0.25, 0.3) is 0 Å². The standard InChI is InChI=1S/C42H36N2/c1-25-20-26(2)22-28(21-25)43(37-19-9-13-27-12-7-8-14-30(27)37)29-23-32-31-15-10-16-33-38(31)44-39(32)36(24-29)42(5,6)35-18-11-17-34(40(35)44)41(33,3)4/h7-24H,1-6H3. The van der Waals surface area contributed by atoms with Gasteiger partial charge in [0, 0.05) is 38.4 Å². The van der Waals surface area contributed by atoms with Crippen molar-refractivity contribution in [3.05, 3.63) is 143 Å². The van der Waals surface area contributed by atoms with Crippen LogP contribution in [0.5, 0.6) is 0 Å². The van der Waals surface area contributed by atoms with Crippen molar-refractivity contribution < 1.29 is 0 Å². The van der Waals surface area contributed by atoms with Crippen LogP contribution in [-0.2, 0) is 10.8 Å². The van der Waals surface area contributed by atoms with E-state index in [1.165, 1.54) is 88.7 Å². The highest BCUT2D eigenvalue weighted by atomic mass is 15.1. The summed E-state index contributed by atoms with van der Waals surface area (Å²) in [4.78, 5) is 2.50. The van der Waals surface area contributed by atoms with E-state index in [0.29, 0.717) is 0 Å². The Morgan fingerprint density at radius 2 is 1.07 bits per heavy atom. The maximum Gasteiger partial charge on any atom is 0.0583 e. The summed E-state index contributed by atoms with van der Waals surface area (Å²) in [6, 6.07) is 41.3. The third kappa shape index (κ3) is 3.16. The van der Waals surface area contributed by atoms with Crippen LogP contribution in [0, 0.1) is 13.8 Å². The first-order valence-electron chi connectivity index (χ1n) is 15.8. The lowest BCUT2D eigenvalue weighted by Gasteiger charge is -2.42. The Hall–Kier alpha value is -4.82. The van der Waals surface area contributed by atoms with Crippen LogP contribution in [0.4, 0.5) is 17.1 Å². The molecule has 0 fully saturated rings. The smallest absolute Gasteiger partial charge is 0.0583 e. The summed E-state index contributed by atoms with van der Waals surface area (Å²) in [7, 11) is 0. The van der Waals surface area contributed by atoms with E-state index in [1.54, 1.807) is 0 Å². The van der Waals surface area contributed by atoms with Gasteiger partial charge in [0.2, 0.25) is 0 Å². The van der Waals surface area contributed by atoms with Gasteiger partial charge in [-0.1, -0.05) is 107 Å². The molecule has 2 aliphatic heterocycles. The zero-order valence-electron chi connectivity index (χ0n) is 26.3. The molecule has 44 heavy (non-hydrogen) atoms. The SMILES string of the molecule is Cc1cc(C)cc(N(c2cc3c4c(c2)c2cccc5c2n4-c2c(cccc2C3(C)C)C5(C)C)c2cccc3ccccc23)c1. The number of para-hydroxylation sites is 2. The zero-order chi connectivity index (χ0) is 30.1. The third-order valence-corrected chi connectivity index (χ3v) is 10.6. The second kappa shape index (κ2) is 8.42. The molecule has 2 nitrogen and oxygen atoms in total. The van der Waals surface area contributed by atoms with Crippen molar-refractivity contribution in [2.24, 2.45) is 0 Å². The molecule has 0 aliphatic carbocycles. The van der Waals surface area contributed by atoms with Crippen molar-refractivity contribution in [3.63, 3.8) is 0 Å². The van der Waals surface area contributed by atoms with Crippen LogP contribution < -0.4 is 4.90 Å². The van der Waals surface area contributed by atoms with Crippen molar-refractivity contribution >= 4 is 49.6 Å². The van der Waals surface area contributed by atoms with Crippen LogP contribution in [0.15, 0.2) is 109 Å². The Morgan fingerprint density at radius 3 is 1.84 bits per heavy atom. The van der Waals surface area contributed by atoms with Crippen molar-refractivity contribution in [3.8, 4) is 5.69 Å². The number of rotatable bonds is 3. The molecule has 9 rings (SSSR count). The van der Waals surface area contributed by atoms with Crippen LogP contribution in [0.2, 0.25) is 0 Å². The fraction of sp³-hybridized carbons (Fsp3) is 0.190. The van der Waals surface area contributed by atoms with Gasteiger partial charge in [0.15, 0.2) is 0 Å². The summed E-state index contributed by atoms with van der Waals surface area (Å²) in [5.74, 6) is 0. The Bertz CT molecular complexity index is 2340. The van der Waals surface area contributed by atoms with Crippen molar-refractivity contribution in [1.29, 1.82) is 0 Å². The number of aromatic nitrogens is 1. The van der Waals surface area contributed by atoms with E-state index in [1.807, 2.05) is 0 Å². The number of fused-ring (bicyclic) bond motifs is 2. The molecular formula is C42H36N2. The molecule has 0 atom stereocenters. The topological polar surface area (TPSA) is 8.17 Å². The van der Waals surface area contributed by atoms with Crippen LogP contribution in [-0.4, -0.2) is 4.57 Å². The molecule has 0 saturated heterocycles. The molecule has 0 bridgehead atoms. The van der Waals surface area contributed by atoms with Gasteiger partial charge in [-0.25, -0.2) is 0 Å². The van der Waals surface area contributed by atoms with Gasteiger partial charge in [0.05, 0.1) is 22.4 Å². The first-order valence-corrected chi connectivity index (χ1v) is 15.8. The molecule has 3 heterocycles. The van der Waals surface area contributed by atoms with Crippen LogP contribution in [0.1, 0.15) is 61.1 Å². The predicted octanol–water partition coefficient (Wildman–Crippen LogP) is 11.3. The fourth-order valence-corrected chi connectivity index (χ4v) is 8.51. The Balaban J connectivity index is 1.46. The monoisotopic (exact) mass is 568 g/mol. The van der Waals surface area contributed by atoms with E-state index in [4.69, 9.17) is 0 Å². The molecule has 2 aliphatic rings. The third-order valence-electron chi connectivity index (χ3n) is 10.6. The number of nitrogens with zero attached hydrogens (tertiary/aromatic N) is 2. The quantitative estimate of drug-likeness (QED) is 0.206. The minimum atomic E-state index is -0.176. The van der Waals surface area contributed by atoms with Gasteiger partial charge in [-0.3, -0.25) is 0 Å². The van der Waals surface area contributed by atoms with Gasteiger partial charge in [-0.2, -0.15) is 0 Å². The highest BCUT2D eigenvalue weighted by molar-refractivity contribution is 6.15. The second-order valence-electron chi connectivity index (χ2n) is 14.1. The van der Waals surface area contributed by atoms with E-state index < -0.39 is 0 Å². The lowest BCUT2D eigenvalue weighted by molar-refractivity contribution is 0.593. The van der Waals surface area contributed by atoms with Gasteiger partial charge in [-0.15, -0.1) is 0 Å². The Kier molecular flexibility index (Phi) is 4.91. The van der Waals surface area contributed by atoms with E-state index in [2.05, 4.69) is 160 Å². The van der Waals surface area contributed by atoms with Gasteiger partial charge in [-0.05, 0) is 82.9 Å². The molecule has 0 unspecified atom stereocenters. The highest BCUT2D eigenvalue weighted by Crippen LogP contribution is 2.56. The Morgan fingerprint density at radius 1 is 0.500 bits per heavy atom. The lowest BCUT2D eigenvalue weighted by Crippen LogP contribution is -2.33. The maximum atomic E-state index is 2.61. The van der Waals surface area contributed by atoms with Crippen LogP contribution >= 0.6 is 0 Å². The van der Waals surface area contributed by atoms with Gasteiger partial charge in [0.1, 0.15) is 0 Å². The van der Waals surface area contributed by atoms with Crippen molar-refractivity contribution in [2.45, 2.75) is 52.4 Å². The van der Waals surface area contributed by atoms with E-state index in [0.717, 1.165) is 0 Å². The molecular weight excluding hydrogens is 532 g/mol. The average molecular weight is 569 g/mol. The fourth-order valence-electron chi connectivity index (χ4n) is 8.51. The minimum absolute atomic E-state index is 0.0836. The Labute approximate surface area is 259 Å². The van der Waals surface area contributed by atoms with E-state index in [-0.39, 0.29) is 10.8 Å². The first kappa shape index (κ1) is 25.7. The molecule has 6 aromatic carbocycles. The van der Waals surface area contributed by atoms with Gasteiger partial charge >= 0.3 is 0 Å². The van der Waals surface area contributed by atoms with E-state index >= 15 is 0 Å². The molecule has 0 spiro atoms. The summed E-state index contributed by atoms with van der Waals surface area (Å²) in [6.07, 6.45) is 0. The number of benzene rings is 6. The number of hydrogen-bond acceptors (Lipinski definition) is 1. The van der Waals surface area contributed by atoms with E-state index in [9.17, 15) is 0 Å². The average Bonchev–Trinajstić information content (AvgIpc) is 3.33. The van der Waals surface area contributed by atoms with Crippen molar-refractivity contribution in [1.82, 2.24) is 4.57 Å². The number of aryl methyl sites for hydroxylation is 2. The summed E-state index contributed by atoms with van der Waals surface area (Å²) >= 11 is 0. The zero-order valence-corrected chi connectivity index (χ0v) is 26.3.